The molecule has 0 unspecified atom stereocenters. The number of para-hydroxylation sites is 1. The van der Waals surface area contributed by atoms with Crippen LogP contribution in [0.4, 0.5) is 0 Å². The number of thioether (sulfide) groups is 1. The SMILES string of the molecule is CN(C(=O)CSc1ccccc1C(=O)NCCc1c[nH]c2ccccc12)C1CCCCC1. The van der Waals surface area contributed by atoms with Crippen LogP contribution in [0.25, 0.3) is 10.9 Å². The van der Waals surface area contributed by atoms with E-state index in [4.69, 9.17) is 0 Å². The van der Waals surface area contributed by atoms with Crippen LogP contribution in [0.1, 0.15) is 48.0 Å². The van der Waals surface area contributed by atoms with E-state index in [0.29, 0.717) is 23.9 Å². The number of nitrogens with zero attached hydrogens (tertiary/aromatic N) is 1. The van der Waals surface area contributed by atoms with Gasteiger partial charge in [0.15, 0.2) is 0 Å². The maximum atomic E-state index is 12.9. The summed E-state index contributed by atoms with van der Waals surface area (Å²) in [6.07, 6.45) is 8.65. The second-order valence-corrected chi connectivity index (χ2v) is 9.46. The summed E-state index contributed by atoms with van der Waals surface area (Å²) in [5.74, 6) is 0.393. The topological polar surface area (TPSA) is 65.2 Å². The lowest BCUT2D eigenvalue weighted by Crippen LogP contribution is -2.39. The predicted molar refractivity (Wildman–Crippen MR) is 131 cm³/mol. The number of hydrogen-bond donors (Lipinski definition) is 2. The number of carbonyl (C=O) groups is 2. The zero-order chi connectivity index (χ0) is 22.3. The Balaban J connectivity index is 1.32. The first kappa shape index (κ1) is 22.5. The molecule has 6 heteroatoms. The Bertz CT molecular complexity index is 1070. The van der Waals surface area contributed by atoms with Crippen LogP contribution in [0.15, 0.2) is 59.6 Å². The Morgan fingerprint density at radius 1 is 1.06 bits per heavy atom. The summed E-state index contributed by atoms with van der Waals surface area (Å²) >= 11 is 1.45. The molecule has 0 saturated heterocycles. The number of fused-ring (bicyclic) bond motifs is 1. The average Bonchev–Trinajstić information content (AvgIpc) is 3.26. The largest absolute Gasteiger partial charge is 0.361 e. The molecule has 1 fully saturated rings. The van der Waals surface area contributed by atoms with Gasteiger partial charge in [-0.1, -0.05) is 49.6 Å². The minimum Gasteiger partial charge on any atom is -0.361 e. The van der Waals surface area contributed by atoms with Crippen molar-refractivity contribution in [2.45, 2.75) is 49.5 Å². The molecule has 1 aliphatic rings. The number of rotatable bonds is 8. The number of H-pyrrole nitrogens is 1. The second-order valence-electron chi connectivity index (χ2n) is 8.45. The summed E-state index contributed by atoms with van der Waals surface area (Å²) in [6, 6.07) is 16.1. The molecule has 1 aromatic heterocycles. The summed E-state index contributed by atoms with van der Waals surface area (Å²) in [5.41, 5.74) is 2.93. The lowest BCUT2D eigenvalue weighted by molar-refractivity contribution is -0.129. The van der Waals surface area contributed by atoms with Crippen LogP contribution in [0.3, 0.4) is 0 Å². The molecule has 1 saturated carbocycles. The summed E-state index contributed by atoms with van der Waals surface area (Å²) in [5, 5.41) is 4.24. The van der Waals surface area contributed by atoms with Crippen LogP contribution >= 0.6 is 11.8 Å². The summed E-state index contributed by atoms with van der Waals surface area (Å²) < 4.78 is 0. The Kier molecular flexibility index (Phi) is 7.53. The molecule has 32 heavy (non-hydrogen) atoms. The van der Waals surface area contributed by atoms with Crippen LogP contribution in [-0.4, -0.2) is 47.1 Å². The molecule has 168 valence electrons. The van der Waals surface area contributed by atoms with Crippen molar-refractivity contribution in [2.24, 2.45) is 0 Å². The van der Waals surface area contributed by atoms with E-state index in [9.17, 15) is 9.59 Å². The van der Waals surface area contributed by atoms with Crippen LogP contribution in [-0.2, 0) is 11.2 Å². The van der Waals surface area contributed by atoms with Gasteiger partial charge in [-0.25, -0.2) is 0 Å². The fraction of sp³-hybridized carbons (Fsp3) is 0.385. The van der Waals surface area contributed by atoms with Crippen molar-refractivity contribution in [3.8, 4) is 0 Å². The number of nitrogens with one attached hydrogen (secondary N) is 2. The van der Waals surface area contributed by atoms with Gasteiger partial charge in [-0.2, -0.15) is 0 Å². The molecule has 0 atom stereocenters. The van der Waals surface area contributed by atoms with Crippen molar-refractivity contribution in [3.05, 3.63) is 65.9 Å². The number of hydrogen-bond acceptors (Lipinski definition) is 3. The standard InChI is InChI=1S/C26H31N3O2S/c1-29(20-9-3-2-4-10-20)25(30)18-32-24-14-8-6-12-22(24)26(31)27-16-15-19-17-28-23-13-7-5-11-21(19)23/h5-8,11-14,17,20,28H,2-4,9-10,15-16,18H2,1H3,(H,27,31). The summed E-state index contributed by atoms with van der Waals surface area (Å²) in [7, 11) is 1.92. The van der Waals surface area contributed by atoms with Crippen molar-refractivity contribution in [1.82, 2.24) is 15.2 Å². The number of carbonyl (C=O) groups excluding carboxylic acids is 2. The maximum Gasteiger partial charge on any atom is 0.252 e. The Morgan fingerprint density at radius 3 is 2.66 bits per heavy atom. The van der Waals surface area contributed by atoms with E-state index in [0.717, 1.165) is 29.7 Å². The van der Waals surface area contributed by atoms with Crippen molar-refractivity contribution < 1.29 is 9.59 Å². The molecular formula is C26H31N3O2S. The lowest BCUT2D eigenvalue weighted by Gasteiger charge is -2.31. The first-order valence-corrected chi connectivity index (χ1v) is 12.4. The van der Waals surface area contributed by atoms with Gasteiger partial charge in [0.05, 0.1) is 11.3 Å². The molecule has 4 rings (SSSR count). The van der Waals surface area contributed by atoms with E-state index in [1.807, 2.05) is 54.5 Å². The molecule has 0 spiro atoms. The average molecular weight is 450 g/mol. The Labute approximate surface area is 194 Å². The first-order valence-electron chi connectivity index (χ1n) is 11.4. The van der Waals surface area contributed by atoms with Gasteiger partial charge in [-0.3, -0.25) is 9.59 Å². The smallest absolute Gasteiger partial charge is 0.252 e. The molecule has 5 nitrogen and oxygen atoms in total. The second kappa shape index (κ2) is 10.7. The van der Waals surface area contributed by atoms with Crippen molar-refractivity contribution in [1.29, 1.82) is 0 Å². The van der Waals surface area contributed by atoms with Gasteiger partial charge in [-0.05, 0) is 43.0 Å². The van der Waals surface area contributed by atoms with Crippen LogP contribution in [0.5, 0.6) is 0 Å². The van der Waals surface area contributed by atoms with Crippen molar-refractivity contribution in [3.63, 3.8) is 0 Å². The highest BCUT2D eigenvalue weighted by Gasteiger charge is 2.22. The maximum absolute atomic E-state index is 12.9. The number of amides is 2. The van der Waals surface area contributed by atoms with Crippen LogP contribution in [0.2, 0.25) is 0 Å². The Morgan fingerprint density at radius 2 is 1.81 bits per heavy atom. The molecular weight excluding hydrogens is 418 g/mol. The third-order valence-corrected chi connectivity index (χ3v) is 7.41. The van der Waals surface area contributed by atoms with Gasteiger partial charge in [0.25, 0.3) is 5.91 Å². The highest BCUT2D eigenvalue weighted by atomic mass is 32.2. The molecule has 2 aromatic carbocycles. The van der Waals surface area contributed by atoms with Crippen molar-refractivity contribution >= 4 is 34.5 Å². The van der Waals surface area contributed by atoms with E-state index in [2.05, 4.69) is 22.4 Å². The molecule has 2 N–H and O–H groups in total. The zero-order valence-electron chi connectivity index (χ0n) is 18.6. The van der Waals surface area contributed by atoms with Crippen LogP contribution < -0.4 is 5.32 Å². The quantitative estimate of drug-likeness (QED) is 0.475. The highest BCUT2D eigenvalue weighted by Crippen LogP contribution is 2.26. The normalized spacial score (nSPS) is 14.4. The molecule has 2 amide bonds. The van der Waals surface area contributed by atoms with E-state index in [1.165, 1.54) is 42.0 Å². The Hall–Kier alpha value is -2.73. The van der Waals surface area contributed by atoms with Gasteiger partial charge in [0.2, 0.25) is 5.91 Å². The van der Waals surface area contributed by atoms with E-state index in [-0.39, 0.29) is 11.8 Å². The molecule has 0 radical (unpaired) electrons. The third-order valence-electron chi connectivity index (χ3n) is 6.35. The summed E-state index contributed by atoms with van der Waals surface area (Å²) in [4.78, 5) is 31.6. The van der Waals surface area contributed by atoms with Gasteiger partial charge < -0.3 is 15.2 Å². The van der Waals surface area contributed by atoms with E-state index < -0.39 is 0 Å². The van der Waals surface area contributed by atoms with E-state index >= 15 is 0 Å². The number of benzene rings is 2. The van der Waals surface area contributed by atoms with Gasteiger partial charge in [0.1, 0.15) is 0 Å². The zero-order valence-corrected chi connectivity index (χ0v) is 19.4. The van der Waals surface area contributed by atoms with E-state index in [1.54, 1.807) is 0 Å². The van der Waals surface area contributed by atoms with Gasteiger partial charge in [-0.15, -0.1) is 11.8 Å². The first-order chi connectivity index (χ1) is 15.6. The third kappa shape index (κ3) is 5.36. The minimum atomic E-state index is -0.0963. The predicted octanol–water partition coefficient (Wildman–Crippen LogP) is 5.02. The number of aromatic nitrogens is 1. The number of aromatic amines is 1. The molecule has 1 heterocycles. The lowest BCUT2D eigenvalue weighted by atomic mass is 9.94. The molecule has 0 aliphatic heterocycles. The molecule has 3 aromatic rings. The monoisotopic (exact) mass is 449 g/mol. The fourth-order valence-corrected chi connectivity index (χ4v) is 5.41. The summed E-state index contributed by atoms with van der Waals surface area (Å²) in [6.45, 7) is 0.559. The molecule has 1 aliphatic carbocycles. The fourth-order valence-electron chi connectivity index (χ4n) is 4.44. The van der Waals surface area contributed by atoms with Gasteiger partial charge in [0, 0.05) is 41.6 Å². The minimum absolute atomic E-state index is 0.0963. The molecule has 0 bridgehead atoms. The van der Waals surface area contributed by atoms with Gasteiger partial charge >= 0.3 is 0 Å². The van der Waals surface area contributed by atoms with Crippen molar-refractivity contribution in [2.75, 3.05) is 19.3 Å². The highest BCUT2D eigenvalue weighted by molar-refractivity contribution is 8.00. The van der Waals surface area contributed by atoms with Crippen LogP contribution in [0, 0.1) is 0 Å².